The van der Waals surface area contributed by atoms with E-state index in [0.717, 1.165) is 44.5 Å². The molecule has 190 valence electrons. The first-order valence-corrected chi connectivity index (χ1v) is 12.6. The minimum absolute atomic E-state index is 0.120. The van der Waals surface area contributed by atoms with Crippen LogP contribution in [0, 0.1) is 0 Å². The normalized spacial score (nSPS) is 14.2. The van der Waals surface area contributed by atoms with E-state index >= 15 is 0 Å². The number of methoxy groups -OCH3 is 1. The molecule has 39 heavy (non-hydrogen) atoms. The quantitative estimate of drug-likeness (QED) is 0.197. The Morgan fingerprint density at radius 2 is 1.77 bits per heavy atom. The summed E-state index contributed by atoms with van der Waals surface area (Å²) in [6.45, 7) is 0.120. The molecule has 1 aliphatic rings. The monoisotopic (exact) mass is 513 g/mol. The second-order valence-corrected chi connectivity index (χ2v) is 9.19. The Morgan fingerprint density at radius 3 is 2.62 bits per heavy atom. The van der Waals surface area contributed by atoms with Crippen molar-refractivity contribution in [3.8, 4) is 17.4 Å². The lowest BCUT2D eigenvalue weighted by Gasteiger charge is -2.28. The van der Waals surface area contributed by atoms with Gasteiger partial charge in [-0.25, -0.2) is 14.5 Å². The van der Waals surface area contributed by atoms with Crippen LogP contribution in [0.5, 0.6) is 17.4 Å². The first-order chi connectivity index (χ1) is 19.3. The molecular weight excluding hydrogens is 490 g/mol. The van der Waals surface area contributed by atoms with Gasteiger partial charge in [-0.1, -0.05) is 84.0 Å². The fourth-order valence-corrected chi connectivity index (χ4v) is 5.03. The Morgan fingerprint density at radius 1 is 0.949 bits per heavy atom. The SMILES string of the molecule is COc1ccc([C@H]2c3ccc4ccccc4c3Oc3ncn4nc(CO/N=C\c5ccccc5)nc4c32)cc1. The molecule has 1 aliphatic heterocycles. The third-order valence-electron chi connectivity index (χ3n) is 6.86. The highest BCUT2D eigenvalue weighted by atomic mass is 16.6. The number of rotatable bonds is 6. The van der Waals surface area contributed by atoms with Crippen LogP contribution in [0.25, 0.3) is 16.4 Å². The molecule has 0 bridgehead atoms. The summed E-state index contributed by atoms with van der Waals surface area (Å²) in [5, 5.41) is 10.8. The summed E-state index contributed by atoms with van der Waals surface area (Å²) in [7, 11) is 1.66. The highest BCUT2D eigenvalue weighted by molar-refractivity contribution is 5.91. The fraction of sp³-hybridized carbons (Fsp3) is 0.0968. The lowest BCUT2D eigenvalue weighted by atomic mass is 9.83. The van der Waals surface area contributed by atoms with Crippen LogP contribution in [0.1, 0.15) is 34.0 Å². The van der Waals surface area contributed by atoms with Crippen molar-refractivity contribution in [2.45, 2.75) is 12.5 Å². The van der Waals surface area contributed by atoms with Crippen molar-refractivity contribution in [2.24, 2.45) is 5.16 Å². The van der Waals surface area contributed by atoms with Crippen molar-refractivity contribution in [1.82, 2.24) is 19.6 Å². The van der Waals surface area contributed by atoms with E-state index in [4.69, 9.17) is 19.3 Å². The zero-order valence-electron chi connectivity index (χ0n) is 21.1. The molecule has 3 heterocycles. The molecule has 0 unspecified atom stereocenters. The molecule has 0 radical (unpaired) electrons. The van der Waals surface area contributed by atoms with Crippen molar-refractivity contribution in [3.63, 3.8) is 0 Å². The molecule has 6 aromatic rings. The van der Waals surface area contributed by atoms with E-state index in [1.54, 1.807) is 24.2 Å². The van der Waals surface area contributed by atoms with Crippen molar-refractivity contribution < 1.29 is 14.3 Å². The number of benzene rings is 4. The zero-order chi connectivity index (χ0) is 26.2. The van der Waals surface area contributed by atoms with Gasteiger partial charge in [0.15, 0.2) is 18.1 Å². The lowest BCUT2D eigenvalue weighted by Crippen LogP contribution is -2.15. The summed E-state index contributed by atoms with van der Waals surface area (Å²) < 4.78 is 13.6. The summed E-state index contributed by atoms with van der Waals surface area (Å²) in [5.41, 5.74) is 4.56. The first kappa shape index (κ1) is 22.9. The van der Waals surface area contributed by atoms with Gasteiger partial charge in [0.25, 0.3) is 0 Å². The van der Waals surface area contributed by atoms with Gasteiger partial charge in [-0.3, -0.25) is 0 Å². The van der Waals surface area contributed by atoms with Gasteiger partial charge in [-0.05, 0) is 28.6 Å². The Balaban J connectivity index is 1.31. The minimum Gasteiger partial charge on any atom is -0.497 e. The molecule has 2 aromatic heterocycles. The standard InChI is InChI=1S/C31H23N5O3/c1-37-23-14-11-22(12-15-23)27-25-16-13-21-9-5-6-10-24(21)29(25)39-31-28(27)30-34-26(35-36(30)19-32-31)18-38-33-17-20-7-3-2-4-8-20/h2-17,19,27H,18H2,1H3/b33-17-/t27-/m0/s1. The van der Waals surface area contributed by atoms with E-state index in [0.29, 0.717) is 17.4 Å². The molecular formula is C31H23N5O3. The number of aromatic nitrogens is 4. The molecule has 0 N–H and O–H groups in total. The molecule has 4 aromatic carbocycles. The fourth-order valence-electron chi connectivity index (χ4n) is 5.03. The summed E-state index contributed by atoms with van der Waals surface area (Å²) in [6, 6.07) is 30.3. The van der Waals surface area contributed by atoms with Gasteiger partial charge in [0.2, 0.25) is 5.88 Å². The maximum absolute atomic E-state index is 6.48. The van der Waals surface area contributed by atoms with Gasteiger partial charge in [-0.15, -0.1) is 5.10 Å². The second kappa shape index (κ2) is 9.57. The Kier molecular flexibility index (Phi) is 5.62. The van der Waals surface area contributed by atoms with Crippen molar-refractivity contribution in [2.75, 3.05) is 7.11 Å². The molecule has 8 nitrogen and oxygen atoms in total. The number of hydrogen-bond acceptors (Lipinski definition) is 7. The predicted octanol–water partition coefficient (Wildman–Crippen LogP) is 6.12. The molecule has 0 amide bonds. The number of fused-ring (bicyclic) bond motifs is 6. The third-order valence-corrected chi connectivity index (χ3v) is 6.86. The highest BCUT2D eigenvalue weighted by Crippen LogP contribution is 2.50. The molecule has 0 fully saturated rings. The Hall–Kier alpha value is -5.24. The van der Waals surface area contributed by atoms with Crippen molar-refractivity contribution >= 4 is 22.6 Å². The Labute approximate surface area is 224 Å². The average Bonchev–Trinajstić information content (AvgIpc) is 3.42. The van der Waals surface area contributed by atoms with Crippen LogP contribution < -0.4 is 9.47 Å². The maximum Gasteiger partial charge on any atom is 0.228 e. The van der Waals surface area contributed by atoms with Crippen LogP contribution in [0.2, 0.25) is 0 Å². The summed E-state index contributed by atoms with van der Waals surface area (Å²) >= 11 is 0. The molecule has 0 spiro atoms. The van der Waals surface area contributed by atoms with E-state index in [9.17, 15) is 0 Å². The van der Waals surface area contributed by atoms with E-state index in [2.05, 4.69) is 51.6 Å². The van der Waals surface area contributed by atoms with E-state index in [1.165, 1.54) is 0 Å². The smallest absolute Gasteiger partial charge is 0.228 e. The van der Waals surface area contributed by atoms with Gasteiger partial charge in [0.1, 0.15) is 17.8 Å². The first-order valence-electron chi connectivity index (χ1n) is 12.6. The molecule has 0 aliphatic carbocycles. The molecule has 1 atom stereocenters. The van der Waals surface area contributed by atoms with Crippen LogP contribution in [0.3, 0.4) is 0 Å². The topological polar surface area (TPSA) is 83.1 Å². The van der Waals surface area contributed by atoms with E-state index < -0.39 is 0 Å². The summed E-state index contributed by atoms with van der Waals surface area (Å²) in [6.07, 6.45) is 3.28. The van der Waals surface area contributed by atoms with Crippen molar-refractivity contribution in [1.29, 1.82) is 0 Å². The lowest BCUT2D eigenvalue weighted by molar-refractivity contribution is 0.126. The number of hydrogen-bond donors (Lipinski definition) is 0. The second-order valence-electron chi connectivity index (χ2n) is 9.19. The minimum atomic E-state index is -0.176. The summed E-state index contributed by atoms with van der Waals surface area (Å²) in [5.74, 6) is 2.42. The third kappa shape index (κ3) is 4.12. The summed E-state index contributed by atoms with van der Waals surface area (Å²) in [4.78, 5) is 15.0. The molecule has 0 saturated carbocycles. The van der Waals surface area contributed by atoms with Crippen LogP contribution in [0.4, 0.5) is 0 Å². The van der Waals surface area contributed by atoms with Crippen LogP contribution in [-0.2, 0) is 11.4 Å². The Bertz CT molecular complexity index is 1830. The molecule has 7 rings (SSSR count). The van der Waals surface area contributed by atoms with Crippen LogP contribution in [-0.4, -0.2) is 32.9 Å². The van der Waals surface area contributed by atoms with Crippen molar-refractivity contribution in [3.05, 3.63) is 125 Å². The van der Waals surface area contributed by atoms with Crippen LogP contribution in [0.15, 0.2) is 102 Å². The van der Waals surface area contributed by atoms with Crippen LogP contribution >= 0.6 is 0 Å². The van der Waals surface area contributed by atoms with E-state index in [-0.39, 0.29) is 12.5 Å². The molecule has 0 saturated heterocycles. The maximum atomic E-state index is 6.48. The highest BCUT2D eigenvalue weighted by Gasteiger charge is 2.34. The largest absolute Gasteiger partial charge is 0.497 e. The number of oxime groups is 1. The number of ether oxygens (including phenoxy) is 2. The van der Waals surface area contributed by atoms with E-state index in [1.807, 2.05) is 54.6 Å². The van der Waals surface area contributed by atoms with Gasteiger partial charge in [0, 0.05) is 16.9 Å². The van der Waals surface area contributed by atoms with Gasteiger partial charge in [-0.2, -0.15) is 0 Å². The van der Waals surface area contributed by atoms with Gasteiger partial charge >= 0.3 is 0 Å². The predicted molar refractivity (Wildman–Crippen MR) is 148 cm³/mol. The van der Waals surface area contributed by atoms with Gasteiger partial charge < -0.3 is 14.3 Å². The zero-order valence-corrected chi connectivity index (χ0v) is 21.1. The van der Waals surface area contributed by atoms with Gasteiger partial charge in [0.05, 0.1) is 18.9 Å². The number of nitrogens with zero attached hydrogens (tertiary/aromatic N) is 5. The molecule has 8 heteroatoms. The average molecular weight is 514 g/mol.